The molecule has 0 amide bonds. The quantitative estimate of drug-likeness (QED) is 0.0570. The van der Waals surface area contributed by atoms with Crippen LogP contribution in [0.1, 0.15) is 0 Å². The molecule has 0 aromatic heterocycles. The van der Waals surface area contributed by atoms with E-state index in [9.17, 15) is 0 Å². The molecule has 15 heteroatoms. The number of benzene rings is 5. The molecule has 250 valence electrons. The van der Waals surface area contributed by atoms with E-state index in [4.69, 9.17) is 0 Å². The topological polar surface area (TPSA) is 0 Å². The minimum atomic E-state index is 0. The fourth-order valence-corrected chi connectivity index (χ4v) is 7.45. The molecule has 0 N–H and O–H groups in total. The molecule has 0 heterocycles. The van der Waals surface area contributed by atoms with Crippen molar-refractivity contribution >= 4 is 176 Å². The van der Waals surface area contributed by atoms with Gasteiger partial charge in [-0.15, -0.1) is 63.1 Å². The van der Waals surface area contributed by atoms with Gasteiger partial charge in [0.2, 0.25) is 0 Å². The van der Waals surface area contributed by atoms with Crippen LogP contribution in [0.25, 0.3) is 0 Å². The third-order valence-electron chi connectivity index (χ3n) is 4.04. The maximum atomic E-state index is 4.15. The lowest BCUT2D eigenvalue weighted by Crippen LogP contribution is -1.66. The van der Waals surface area contributed by atoms with Crippen molar-refractivity contribution in [1.82, 2.24) is 0 Å². The molecule has 0 aliphatic rings. The second-order valence-corrected chi connectivity index (χ2v) is 16.2. The first kappa shape index (κ1) is 55.6. The van der Waals surface area contributed by atoms with Crippen LogP contribution in [0, 0.1) is 17.9 Å². The average Bonchev–Trinajstić information content (AvgIpc) is 2.85. The fraction of sp³-hybridized carbons (Fsp3) is 0. The number of hydrogen-bond acceptors (Lipinski definition) is 5. The fourth-order valence-electron chi connectivity index (χ4n) is 2.38. The van der Waals surface area contributed by atoms with Crippen molar-refractivity contribution in [2.75, 3.05) is 0 Å². The van der Waals surface area contributed by atoms with Gasteiger partial charge in [-0.05, 0) is 204 Å². The Morgan fingerprint density at radius 3 is 0.467 bits per heavy atom. The Hall–Kier alpha value is 1.15. The maximum Gasteiger partial charge on any atom is 0.0141 e. The van der Waals surface area contributed by atoms with E-state index < -0.39 is 0 Å². The van der Waals surface area contributed by atoms with E-state index in [1.54, 1.807) is 0 Å². The van der Waals surface area contributed by atoms with Crippen molar-refractivity contribution in [2.45, 2.75) is 24.5 Å². The van der Waals surface area contributed by atoms with Crippen LogP contribution in [0.4, 0.5) is 23.5 Å². The number of halogens is 10. The predicted molar refractivity (Wildman–Crippen MR) is 245 cm³/mol. The lowest BCUT2D eigenvalue weighted by atomic mass is 10.4. The Balaban J connectivity index is -0.000000144. The maximum absolute atomic E-state index is 4.15. The van der Waals surface area contributed by atoms with E-state index in [1.807, 2.05) is 121 Å². The standard InChI is InChI=1S/5C6H5IS.5FH/c5*7-5-2-1-3-6(8)4-5;;;;;/h5*1-4,8H;5*1H. The van der Waals surface area contributed by atoms with Crippen molar-refractivity contribution in [3.05, 3.63) is 139 Å². The van der Waals surface area contributed by atoms with Crippen molar-refractivity contribution in [3.8, 4) is 0 Å². The summed E-state index contributed by atoms with van der Waals surface area (Å²) < 4.78 is 6.16. The zero-order valence-corrected chi connectivity index (χ0v) is 38.0. The summed E-state index contributed by atoms with van der Waals surface area (Å²) in [6, 6.07) is 40.1. The Morgan fingerprint density at radius 1 is 0.267 bits per heavy atom. The van der Waals surface area contributed by atoms with Crippen molar-refractivity contribution in [2.24, 2.45) is 0 Å². The molecule has 5 rings (SSSR count). The molecule has 0 bridgehead atoms. The van der Waals surface area contributed by atoms with Crippen LogP contribution in [-0.4, -0.2) is 0 Å². The van der Waals surface area contributed by atoms with Gasteiger partial charge >= 0.3 is 0 Å². The minimum Gasteiger partial charge on any atom is -0.269 e. The normalized spacial score (nSPS) is 8.22. The summed E-state index contributed by atoms with van der Waals surface area (Å²) in [5, 5.41) is 0. The van der Waals surface area contributed by atoms with Gasteiger partial charge in [-0.2, -0.15) is 0 Å². The van der Waals surface area contributed by atoms with E-state index in [0.717, 1.165) is 24.5 Å². The second kappa shape index (κ2) is 33.6. The largest absolute Gasteiger partial charge is 0.269 e. The van der Waals surface area contributed by atoms with Gasteiger partial charge in [0, 0.05) is 42.3 Å². The number of rotatable bonds is 0. The van der Waals surface area contributed by atoms with Crippen LogP contribution in [0.2, 0.25) is 0 Å². The van der Waals surface area contributed by atoms with Crippen LogP contribution < -0.4 is 0 Å². The zero-order chi connectivity index (χ0) is 29.9. The highest BCUT2D eigenvalue weighted by molar-refractivity contribution is 14.1. The van der Waals surface area contributed by atoms with Gasteiger partial charge in [0.05, 0.1) is 0 Å². The monoisotopic (exact) mass is 1280 g/mol. The Kier molecular flexibility index (Phi) is 41.5. The number of hydrogen-bond donors (Lipinski definition) is 5. The molecule has 0 spiro atoms. The Morgan fingerprint density at radius 2 is 0.400 bits per heavy atom. The van der Waals surface area contributed by atoms with Gasteiger partial charge in [0.15, 0.2) is 0 Å². The summed E-state index contributed by atoms with van der Waals surface area (Å²) in [6.07, 6.45) is 0. The summed E-state index contributed by atoms with van der Waals surface area (Å²) in [7, 11) is 0. The van der Waals surface area contributed by atoms with Crippen LogP contribution in [0.3, 0.4) is 0 Å². The SMILES string of the molecule is F.F.F.F.F.Sc1cccc(I)c1.Sc1cccc(I)c1.Sc1cccc(I)c1.Sc1cccc(I)c1.Sc1cccc(I)c1. The molecule has 0 radical (unpaired) electrons. The van der Waals surface area contributed by atoms with Crippen LogP contribution in [-0.2, 0) is 0 Å². The van der Waals surface area contributed by atoms with E-state index in [2.05, 4.69) is 176 Å². The van der Waals surface area contributed by atoms with Gasteiger partial charge in [0.1, 0.15) is 0 Å². The molecule has 0 atom stereocenters. The van der Waals surface area contributed by atoms with Gasteiger partial charge in [0.25, 0.3) is 0 Å². The lowest BCUT2D eigenvalue weighted by molar-refractivity contribution is 1.11. The summed E-state index contributed by atoms with van der Waals surface area (Å²) in [5.74, 6) is 0. The van der Waals surface area contributed by atoms with Crippen molar-refractivity contribution < 1.29 is 23.5 Å². The van der Waals surface area contributed by atoms with Gasteiger partial charge < -0.3 is 0 Å². The van der Waals surface area contributed by atoms with Gasteiger partial charge in [-0.1, -0.05) is 30.3 Å². The second-order valence-electron chi connectivity index (χ2n) is 7.40. The third kappa shape index (κ3) is 32.1. The molecule has 45 heavy (non-hydrogen) atoms. The molecule has 0 nitrogen and oxygen atoms in total. The van der Waals surface area contributed by atoms with E-state index in [1.165, 1.54) is 17.9 Å². The molecule has 0 saturated heterocycles. The van der Waals surface area contributed by atoms with E-state index in [0.29, 0.717) is 0 Å². The first-order valence-electron chi connectivity index (χ1n) is 11.2. The highest BCUT2D eigenvalue weighted by Gasteiger charge is 1.86. The first-order chi connectivity index (χ1) is 18.9. The molecule has 0 fully saturated rings. The average molecular weight is 1280 g/mol. The molecular weight excluding hydrogens is 1250 g/mol. The molecule has 5 aromatic rings. The summed E-state index contributed by atoms with van der Waals surface area (Å²) >= 11 is 32.0. The van der Waals surface area contributed by atoms with Gasteiger partial charge in [-0.25, -0.2) is 0 Å². The van der Waals surface area contributed by atoms with Gasteiger partial charge in [-0.3, -0.25) is 23.5 Å². The van der Waals surface area contributed by atoms with E-state index in [-0.39, 0.29) is 23.5 Å². The van der Waals surface area contributed by atoms with Crippen LogP contribution in [0.15, 0.2) is 146 Å². The molecule has 0 unspecified atom stereocenters. The predicted octanol–water partition coefficient (Wildman–Crippen LogP) is 13.7. The number of thiol groups is 5. The first-order valence-corrected chi connectivity index (χ1v) is 18.8. The third-order valence-corrected chi connectivity index (χ3v) is 8.79. The molecule has 0 aliphatic carbocycles. The lowest BCUT2D eigenvalue weighted by Gasteiger charge is -1.88. The summed E-state index contributed by atoms with van der Waals surface area (Å²) in [6.45, 7) is 0. The summed E-state index contributed by atoms with van der Waals surface area (Å²) in [5.41, 5.74) is 0. The Labute approximate surface area is 357 Å². The molecule has 0 saturated carbocycles. The van der Waals surface area contributed by atoms with E-state index >= 15 is 0 Å². The summed E-state index contributed by atoms with van der Waals surface area (Å²) in [4.78, 5) is 5.12. The molecule has 0 aliphatic heterocycles. The molecule has 5 aromatic carbocycles. The van der Waals surface area contributed by atoms with Crippen molar-refractivity contribution in [3.63, 3.8) is 0 Å². The highest BCUT2D eigenvalue weighted by Crippen LogP contribution is 2.12. The highest BCUT2D eigenvalue weighted by atomic mass is 127. The Bertz CT molecular complexity index is 1120. The van der Waals surface area contributed by atoms with Crippen molar-refractivity contribution in [1.29, 1.82) is 0 Å². The smallest absolute Gasteiger partial charge is 0.0141 e. The zero-order valence-electron chi connectivity index (χ0n) is 22.7. The van der Waals surface area contributed by atoms with Crippen LogP contribution in [0.5, 0.6) is 0 Å². The molecular formula is C30H30F5I5S5. The van der Waals surface area contributed by atoms with Crippen LogP contribution >= 0.6 is 176 Å². The minimum absolute atomic E-state index is 0.